The Morgan fingerprint density at radius 3 is 2.28 bits per heavy atom. The van der Waals surface area contributed by atoms with Crippen molar-refractivity contribution in [2.45, 2.75) is 32.7 Å². The first-order valence-electron chi connectivity index (χ1n) is 5.84. The third-order valence-electron chi connectivity index (χ3n) is 2.75. The van der Waals surface area contributed by atoms with Crippen molar-refractivity contribution in [3.63, 3.8) is 0 Å². The van der Waals surface area contributed by atoms with E-state index < -0.39 is 6.04 Å². The zero-order valence-electron chi connectivity index (χ0n) is 10.8. The predicted molar refractivity (Wildman–Crippen MR) is 70.9 cm³/mol. The zero-order valence-corrected chi connectivity index (χ0v) is 10.8. The lowest BCUT2D eigenvalue weighted by atomic mass is 10.0. The van der Waals surface area contributed by atoms with Crippen molar-refractivity contribution in [1.29, 1.82) is 0 Å². The number of nitrogens with one attached hydrogen (secondary N) is 1. The van der Waals surface area contributed by atoms with Gasteiger partial charge >= 0.3 is 0 Å². The van der Waals surface area contributed by atoms with Gasteiger partial charge in [-0.05, 0) is 30.5 Å². The summed E-state index contributed by atoms with van der Waals surface area (Å²) in [4.78, 5) is 11.9. The average Bonchev–Trinajstić information content (AvgIpc) is 2.37. The molecule has 0 saturated heterocycles. The normalized spacial score (nSPS) is 13.4. The van der Waals surface area contributed by atoms with Gasteiger partial charge in [-0.2, -0.15) is 0 Å². The number of amides is 1. The minimum atomic E-state index is -0.507. The molecule has 98 valence electrons. The Morgan fingerprint density at radius 1 is 1.28 bits per heavy atom. The fraction of sp³-hybridized carbons (Fsp3) is 0.385. The van der Waals surface area contributed by atoms with Crippen molar-refractivity contribution in [1.82, 2.24) is 5.32 Å². The molecule has 0 aliphatic heterocycles. The quantitative estimate of drug-likeness (QED) is 0.328. The largest absolute Gasteiger partial charge is 0.409 e. The van der Waals surface area contributed by atoms with Crippen molar-refractivity contribution in [2.75, 3.05) is 0 Å². The smallest absolute Gasteiger partial charge is 0.251 e. The number of benzene rings is 1. The summed E-state index contributed by atoms with van der Waals surface area (Å²) in [5, 5.41) is 14.0. The number of amidine groups is 1. The van der Waals surface area contributed by atoms with Gasteiger partial charge in [-0.25, -0.2) is 0 Å². The zero-order chi connectivity index (χ0) is 13.7. The molecule has 0 heterocycles. The van der Waals surface area contributed by atoms with Gasteiger partial charge in [0.1, 0.15) is 0 Å². The van der Waals surface area contributed by atoms with Crippen LogP contribution in [-0.2, 0) is 0 Å². The highest BCUT2D eigenvalue weighted by molar-refractivity contribution is 5.98. The first-order valence-corrected chi connectivity index (χ1v) is 5.84. The van der Waals surface area contributed by atoms with E-state index in [1.807, 2.05) is 12.1 Å². The molecule has 0 saturated carbocycles. The monoisotopic (exact) mass is 249 g/mol. The molecule has 0 radical (unpaired) electrons. The molecular weight excluding hydrogens is 230 g/mol. The molecule has 1 amide bonds. The van der Waals surface area contributed by atoms with Crippen LogP contribution >= 0.6 is 0 Å². The summed E-state index contributed by atoms with van der Waals surface area (Å²) in [6.07, 6.45) is 0. The molecule has 1 atom stereocenters. The van der Waals surface area contributed by atoms with Crippen LogP contribution in [0.3, 0.4) is 0 Å². The van der Waals surface area contributed by atoms with Crippen LogP contribution in [-0.4, -0.2) is 23.0 Å². The lowest BCUT2D eigenvalue weighted by Gasteiger charge is -2.12. The fourth-order valence-electron chi connectivity index (χ4n) is 1.46. The van der Waals surface area contributed by atoms with Gasteiger partial charge in [0.15, 0.2) is 5.84 Å². The molecule has 0 aliphatic rings. The molecule has 5 nitrogen and oxygen atoms in total. The summed E-state index contributed by atoms with van der Waals surface area (Å²) in [6, 6.07) is 6.88. The second-order valence-corrected chi connectivity index (χ2v) is 4.50. The maximum Gasteiger partial charge on any atom is 0.251 e. The molecule has 0 fully saturated rings. The fourth-order valence-corrected chi connectivity index (χ4v) is 1.46. The number of carbonyl (C=O) groups is 1. The van der Waals surface area contributed by atoms with Gasteiger partial charge in [-0.3, -0.25) is 4.79 Å². The van der Waals surface area contributed by atoms with Crippen LogP contribution in [0.15, 0.2) is 29.4 Å². The van der Waals surface area contributed by atoms with Gasteiger partial charge in [-0.1, -0.05) is 31.1 Å². The molecule has 1 rings (SSSR count). The molecule has 18 heavy (non-hydrogen) atoms. The molecule has 0 spiro atoms. The van der Waals surface area contributed by atoms with Crippen LogP contribution in [0.2, 0.25) is 0 Å². The Morgan fingerprint density at radius 2 is 1.83 bits per heavy atom. The number of hydrogen-bond acceptors (Lipinski definition) is 3. The van der Waals surface area contributed by atoms with Crippen LogP contribution < -0.4 is 11.1 Å². The molecule has 0 aromatic heterocycles. The second kappa shape index (κ2) is 6.05. The summed E-state index contributed by atoms with van der Waals surface area (Å²) in [5.41, 5.74) is 7.12. The predicted octanol–water partition coefficient (Wildman–Crippen LogP) is 1.67. The van der Waals surface area contributed by atoms with E-state index in [1.165, 1.54) is 5.56 Å². The third kappa shape index (κ3) is 3.48. The Kier molecular flexibility index (Phi) is 4.71. The van der Waals surface area contributed by atoms with Crippen LogP contribution in [0.1, 0.15) is 42.6 Å². The van der Waals surface area contributed by atoms with Crippen molar-refractivity contribution >= 4 is 11.7 Å². The second-order valence-electron chi connectivity index (χ2n) is 4.50. The first-order chi connectivity index (χ1) is 8.45. The summed E-state index contributed by atoms with van der Waals surface area (Å²) in [5.74, 6) is 0.157. The molecule has 1 aromatic carbocycles. The maximum atomic E-state index is 11.9. The van der Waals surface area contributed by atoms with Gasteiger partial charge in [0.25, 0.3) is 5.91 Å². The van der Waals surface area contributed by atoms with E-state index in [0.717, 1.165) is 0 Å². The van der Waals surface area contributed by atoms with Gasteiger partial charge in [-0.15, -0.1) is 0 Å². The SMILES string of the molecule is CC(NC(=O)c1ccc(C(C)C)cc1)/C(N)=N/O. The van der Waals surface area contributed by atoms with Gasteiger partial charge < -0.3 is 16.3 Å². The third-order valence-corrected chi connectivity index (χ3v) is 2.75. The Hall–Kier alpha value is -2.04. The topological polar surface area (TPSA) is 87.7 Å². The van der Waals surface area contributed by atoms with Crippen LogP contribution in [0, 0.1) is 0 Å². The van der Waals surface area contributed by atoms with E-state index in [0.29, 0.717) is 11.5 Å². The first kappa shape index (κ1) is 14.0. The van der Waals surface area contributed by atoms with E-state index in [9.17, 15) is 4.79 Å². The van der Waals surface area contributed by atoms with Crippen molar-refractivity contribution in [3.05, 3.63) is 35.4 Å². The molecule has 1 aromatic rings. The van der Waals surface area contributed by atoms with Crippen LogP contribution in [0.25, 0.3) is 0 Å². The van der Waals surface area contributed by atoms with Crippen LogP contribution in [0.5, 0.6) is 0 Å². The summed E-state index contributed by atoms with van der Waals surface area (Å²) in [7, 11) is 0. The highest BCUT2D eigenvalue weighted by Crippen LogP contribution is 2.14. The summed E-state index contributed by atoms with van der Waals surface area (Å²) < 4.78 is 0. The van der Waals surface area contributed by atoms with Crippen molar-refractivity contribution in [2.24, 2.45) is 10.9 Å². The molecule has 4 N–H and O–H groups in total. The highest BCUT2D eigenvalue weighted by atomic mass is 16.4. The van der Waals surface area contributed by atoms with E-state index in [4.69, 9.17) is 10.9 Å². The number of nitrogens with zero attached hydrogens (tertiary/aromatic N) is 1. The van der Waals surface area contributed by atoms with Gasteiger partial charge in [0.2, 0.25) is 0 Å². The van der Waals surface area contributed by atoms with E-state index in [-0.39, 0.29) is 11.7 Å². The van der Waals surface area contributed by atoms with Gasteiger partial charge in [0, 0.05) is 5.56 Å². The lowest BCUT2D eigenvalue weighted by Crippen LogP contribution is -2.42. The van der Waals surface area contributed by atoms with E-state index in [2.05, 4.69) is 24.3 Å². The van der Waals surface area contributed by atoms with Crippen molar-refractivity contribution < 1.29 is 10.0 Å². The summed E-state index contributed by atoms with van der Waals surface area (Å²) in [6.45, 7) is 5.83. The molecular formula is C13H19N3O2. The average molecular weight is 249 g/mol. The minimum absolute atomic E-state index is 0.0258. The molecule has 0 aliphatic carbocycles. The number of nitrogens with two attached hydrogens (primary N) is 1. The Bertz CT molecular complexity index is 438. The van der Waals surface area contributed by atoms with Crippen LogP contribution in [0.4, 0.5) is 0 Å². The van der Waals surface area contributed by atoms with E-state index in [1.54, 1.807) is 19.1 Å². The highest BCUT2D eigenvalue weighted by Gasteiger charge is 2.13. The number of hydrogen-bond donors (Lipinski definition) is 3. The number of carbonyl (C=O) groups excluding carboxylic acids is 1. The number of rotatable bonds is 4. The molecule has 5 heteroatoms. The minimum Gasteiger partial charge on any atom is -0.409 e. The Balaban J connectivity index is 2.73. The lowest BCUT2D eigenvalue weighted by molar-refractivity contribution is 0.0948. The molecule has 1 unspecified atom stereocenters. The van der Waals surface area contributed by atoms with Crippen molar-refractivity contribution in [3.8, 4) is 0 Å². The Labute approximate surface area is 107 Å². The standard InChI is InChI=1S/C13H19N3O2/c1-8(2)10-4-6-11(7-5-10)13(17)15-9(3)12(14)16-18/h4-9,18H,1-3H3,(H2,14,16)(H,15,17). The maximum absolute atomic E-state index is 11.9. The number of oxime groups is 1. The molecule has 0 bridgehead atoms. The van der Waals surface area contributed by atoms with E-state index >= 15 is 0 Å². The van der Waals surface area contributed by atoms with Gasteiger partial charge in [0.05, 0.1) is 6.04 Å². The summed E-state index contributed by atoms with van der Waals surface area (Å²) >= 11 is 0.